The molecule has 0 saturated carbocycles. The molecule has 0 heterocycles. The molecule has 2 aromatic rings. The van der Waals surface area contributed by atoms with Crippen LogP contribution in [0.4, 0.5) is 18.9 Å². The molecule has 1 N–H and O–H groups in total. The molecule has 2 amide bonds. The summed E-state index contributed by atoms with van der Waals surface area (Å²) in [5.41, 5.74) is 2.79. The molecule has 0 aliphatic carbocycles. The second-order valence-electron chi connectivity index (χ2n) is 7.08. The Morgan fingerprint density at radius 3 is 2.27 bits per heavy atom. The minimum absolute atomic E-state index is 0.0589. The second kappa shape index (κ2) is 9.34. The van der Waals surface area contributed by atoms with E-state index in [2.05, 4.69) is 5.32 Å². The minimum Gasteiger partial charge on any atom is -0.333 e. The number of nitrogens with one attached hydrogen (secondary N) is 1. The summed E-state index contributed by atoms with van der Waals surface area (Å²) in [6.07, 6.45) is -2.24. The van der Waals surface area contributed by atoms with Crippen molar-refractivity contribution in [3.8, 4) is 0 Å². The van der Waals surface area contributed by atoms with E-state index in [1.807, 2.05) is 32.9 Å². The van der Waals surface area contributed by atoms with E-state index in [9.17, 15) is 22.8 Å². The van der Waals surface area contributed by atoms with Gasteiger partial charge in [-0.1, -0.05) is 29.3 Å². The lowest BCUT2D eigenvalue weighted by Crippen LogP contribution is -2.34. The third-order valence-electron chi connectivity index (χ3n) is 4.43. The van der Waals surface area contributed by atoms with Crippen molar-refractivity contribution in [2.24, 2.45) is 0 Å². The molecule has 0 aromatic heterocycles. The lowest BCUT2D eigenvalue weighted by molar-refractivity contribution is -0.137. The third-order valence-corrected chi connectivity index (χ3v) is 4.77. The van der Waals surface area contributed by atoms with Crippen molar-refractivity contribution in [1.82, 2.24) is 4.90 Å². The molecule has 0 aliphatic heterocycles. The van der Waals surface area contributed by atoms with Crippen LogP contribution in [0.1, 0.15) is 27.8 Å². The Balaban J connectivity index is 2.05. The molecule has 0 fully saturated rings. The minimum atomic E-state index is -4.52. The number of aryl methyl sites for hydroxylation is 3. The largest absolute Gasteiger partial charge is 0.416 e. The molecule has 0 radical (unpaired) electrons. The Morgan fingerprint density at radius 2 is 1.70 bits per heavy atom. The molecular weight excluding hydrogens is 417 g/mol. The maximum atomic E-state index is 12.8. The van der Waals surface area contributed by atoms with Crippen LogP contribution in [0.25, 0.3) is 6.08 Å². The van der Waals surface area contributed by atoms with E-state index in [0.717, 1.165) is 45.9 Å². The first-order valence-corrected chi connectivity index (χ1v) is 9.44. The smallest absolute Gasteiger partial charge is 0.333 e. The van der Waals surface area contributed by atoms with Crippen molar-refractivity contribution < 1.29 is 22.8 Å². The predicted molar refractivity (Wildman–Crippen MR) is 112 cm³/mol. The zero-order valence-electron chi connectivity index (χ0n) is 17.0. The van der Waals surface area contributed by atoms with E-state index in [4.69, 9.17) is 11.6 Å². The monoisotopic (exact) mass is 438 g/mol. The number of rotatable bonds is 5. The summed E-state index contributed by atoms with van der Waals surface area (Å²) in [5, 5.41) is 2.88. The van der Waals surface area contributed by atoms with Crippen LogP contribution in [0.5, 0.6) is 0 Å². The number of likely N-dealkylation sites (N-methyl/N-ethyl adjacent to an activating group) is 1. The van der Waals surface area contributed by atoms with E-state index < -0.39 is 17.6 Å². The first kappa shape index (κ1) is 23.5. The fourth-order valence-electron chi connectivity index (χ4n) is 2.99. The van der Waals surface area contributed by atoms with Crippen LogP contribution in [0.3, 0.4) is 0 Å². The summed E-state index contributed by atoms with van der Waals surface area (Å²) in [4.78, 5) is 25.8. The highest BCUT2D eigenvalue weighted by molar-refractivity contribution is 6.32. The van der Waals surface area contributed by atoms with Gasteiger partial charge in [-0.3, -0.25) is 9.59 Å². The van der Waals surface area contributed by atoms with Crippen molar-refractivity contribution >= 4 is 35.2 Å². The van der Waals surface area contributed by atoms with Crippen LogP contribution in [0.2, 0.25) is 5.02 Å². The average molecular weight is 439 g/mol. The molecule has 160 valence electrons. The number of carbonyl (C=O) groups is 2. The topological polar surface area (TPSA) is 49.4 Å². The Morgan fingerprint density at radius 1 is 1.10 bits per heavy atom. The SMILES string of the molecule is Cc1cc(C)c(NC(=O)CN(C)C(=O)C=Cc2cc(C(F)(F)F)ccc2Cl)c(C)c1. The molecule has 0 atom stereocenters. The van der Waals surface area contributed by atoms with Gasteiger partial charge in [-0.05, 0) is 61.7 Å². The molecule has 0 unspecified atom stereocenters. The van der Waals surface area contributed by atoms with E-state index >= 15 is 0 Å². The van der Waals surface area contributed by atoms with Gasteiger partial charge in [-0.15, -0.1) is 0 Å². The van der Waals surface area contributed by atoms with Crippen LogP contribution in [0.15, 0.2) is 36.4 Å². The molecule has 4 nitrogen and oxygen atoms in total. The van der Waals surface area contributed by atoms with Crippen molar-refractivity contribution in [2.75, 3.05) is 18.9 Å². The summed E-state index contributed by atoms with van der Waals surface area (Å²) >= 11 is 5.92. The Hall–Kier alpha value is -2.80. The molecular formula is C22H22ClF3N2O2. The first-order valence-electron chi connectivity index (χ1n) is 9.06. The highest BCUT2D eigenvalue weighted by Crippen LogP contribution is 2.32. The van der Waals surface area contributed by atoms with Gasteiger partial charge in [0.25, 0.3) is 0 Å². The summed E-state index contributed by atoms with van der Waals surface area (Å²) in [6.45, 7) is 5.51. The molecule has 0 spiro atoms. The predicted octanol–water partition coefficient (Wildman–Crippen LogP) is 5.39. The number of benzene rings is 2. The summed E-state index contributed by atoms with van der Waals surface area (Å²) in [5.74, 6) is -0.928. The molecule has 2 aromatic carbocycles. The van der Waals surface area contributed by atoms with Gasteiger partial charge >= 0.3 is 6.18 Å². The van der Waals surface area contributed by atoms with Crippen molar-refractivity contribution in [1.29, 1.82) is 0 Å². The number of nitrogens with zero attached hydrogens (tertiary/aromatic N) is 1. The first-order chi connectivity index (χ1) is 13.9. The van der Waals surface area contributed by atoms with Gasteiger partial charge in [0, 0.05) is 23.8 Å². The van der Waals surface area contributed by atoms with Crippen LogP contribution in [-0.2, 0) is 15.8 Å². The quantitative estimate of drug-likeness (QED) is 0.636. The normalized spacial score (nSPS) is 11.6. The van der Waals surface area contributed by atoms with Crippen LogP contribution in [0, 0.1) is 20.8 Å². The van der Waals surface area contributed by atoms with Crippen molar-refractivity contribution in [3.05, 3.63) is 69.2 Å². The van der Waals surface area contributed by atoms with E-state index in [1.54, 1.807) is 0 Å². The number of anilines is 1. The zero-order chi connectivity index (χ0) is 22.6. The van der Waals surface area contributed by atoms with Gasteiger partial charge in [0.2, 0.25) is 11.8 Å². The number of alkyl halides is 3. The number of hydrogen-bond acceptors (Lipinski definition) is 2. The Bertz CT molecular complexity index is 977. The van der Waals surface area contributed by atoms with Gasteiger partial charge < -0.3 is 10.2 Å². The number of hydrogen-bond donors (Lipinski definition) is 1. The Labute approximate surface area is 178 Å². The standard InChI is InChI=1S/C22H22ClF3N2O2/c1-13-9-14(2)21(15(3)10-13)27-19(29)12-28(4)20(30)8-5-16-11-17(22(24,25)26)6-7-18(16)23/h5-11H,12H2,1-4H3,(H,27,29). The maximum Gasteiger partial charge on any atom is 0.416 e. The molecule has 0 bridgehead atoms. The number of halogens is 4. The van der Waals surface area contributed by atoms with Crippen molar-refractivity contribution in [2.45, 2.75) is 26.9 Å². The van der Waals surface area contributed by atoms with Crippen LogP contribution < -0.4 is 5.32 Å². The molecule has 8 heteroatoms. The van der Waals surface area contributed by atoms with Gasteiger partial charge in [0.1, 0.15) is 0 Å². The lowest BCUT2D eigenvalue weighted by Gasteiger charge is -2.17. The van der Waals surface area contributed by atoms with Gasteiger partial charge in [0.15, 0.2) is 0 Å². The second-order valence-corrected chi connectivity index (χ2v) is 7.49. The summed E-state index contributed by atoms with van der Waals surface area (Å²) in [6, 6.07) is 6.74. The number of carbonyl (C=O) groups excluding carboxylic acids is 2. The van der Waals surface area contributed by atoms with E-state index in [1.165, 1.54) is 13.1 Å². The zero-order valence-corrected chi connectivity index (χ0v) is 17.8. The van der Waals surface area contributed by atoms with E-state index in [0.29, 0.717) is 5.69 Å². The van der Waals surface area contributed by atoms with Crippen molar-refractivity contribution in [3.63, 3.8) is 0 Å². The number of amides is 2. The van der Waals surface area contributed by atoms with Gasteiger partial charge in [-0.25, -0.2) is 0 Å². The Kier molecular flexibility index (Phi) is 7.31. The highest BCUT2D eigenvalue weighted by atomic mass is 35.5. The fourth-order valence-corrected chi connectivity index (χ4v) is 3.17. The molecule has 30 heavy (non-hydrogen) atoms. The molecule has 2 rings (SSSR count). The fraction of sp³-hybridized carbons (Fsp3) is 0.273. The molecule has 0 aliphatic rings. The highest BCUT2D eigenvalue weighted by Gasteiger charge is 2.30. The lowest BCUT2D eigenvalue weighted by atomic mass is 10.1. The average Bonchev–Trinajstić information content (AvgIpc) is 2.62. The third kappa shape index (κ3) is 6.10. The summed E-state index contributed by atoms with van der Waals surface area (Å²) < 4.78 is 38.5. The van der Waals surface area contributed by atoms with Gasteiger partial charge in [-0.2, -0.15) is 13.2 Å². The maximum absolute atomic E-state index is 12.8. The van der Waals surface area contributed by atoms with Crippen LogP contribution in [-0.4, -0.2) is 30.3 Å². The molecule has 0 saturated heterocycles. The van der Waals surface area contributed by atoms with Crippen LogP contribution >= 0.6 is 11.6 Å². The van der Waals surface area contributed by atoms with Gasteiger partial charge in [0.05, 0.1) is 12.1 Å². The van der Waals surface area contributed by atoms with E-state index in [-0.39, 0.29) is 23.0 Å². The summed E-state index contributed by atoms with van der Waals surface area (Å²) in [7, 11) is 1.43.